The average Bonchev–Trinajstić information content (AvgIpc) is 3.34. The maximum atomic E-state index is 12.9. The summed E-state index contributed by atoms with van der Waals surface area (Å²) in [5.41, 5.74) is 3.13. The van der Waals surface area contributed by atoms with Crippen molar-refractivity contribution in [3.63, 3.8) is 0 Å². The monoisotopic (exact) mass is 407 g/mol. The van der Waals surface area contributed by atoms with Gasteiger partial charge in [0.25, 0.3) is 11.8 Å². The number of aryl methyl sites for hydroxylation is 1. The summed E-state index contributed by atoms with van der Waals surface area (Å²) < 4.78 is 7.46. The Morgan fingerprint density at radius 3 is 2.50 bits per heavy atom. The van der Waals surface area contributed by atoms with E-state index in [1.165, 1.54) is 6.42 Å². The fraction of sp³-hybridized carbons (Fsp3) is 0.478. The highest BCUT2D eigenvalue weighted by atomic mass is 16.4. The van der Waals surface area contributed by atoms with Crippen LogP contribution in [0, 0.1) is 12.8 Å². The number of piperidine rings is 1. The third kappa shape index (κ3) is 4.01. The highest BCUT2D eigenvalue weighted by Gasteiger charge is 2.25. The molecule has 0 spiro atoms. The predicted octanol–water partition coefficient (Wildman–Crippen LogP) is 4.40. The molecule has 1 unspecified atom stereocenters. The molecule has 1 aromatic carbocycles. The number of aromatic nitrogens is 4. The predicted molar refractivity (Wildman–Crippen MR) is 115 cm³/mol. The molecule has 0 aliphatic carbocycles. The van der Waals surface area contributed by atoms with Gasteiger partial charge in [0.15, 0.2) is 0 Å². The van der Waals surface area contributed by atoms with E-state index in [9.17, 15) is 4.79 Å². The number of likely N-dealkylation sites (tertiary alicyclic amines) is 1. The molecule has 0 N–H and O–H groups in total. The van der Waals surface area contributed by atoms with Crippen molar-refractivity contribution in [2.75, 3.05) is 13.1 Å². The molecule has 4 rings (SSSR count). The summed E-state index contributed by atoms with van der Waals surface area (Å²) in [4.78, 5) is 14.9. The molecular formula is C23H29N5O2. The number of nitrogens with zero attached hydrogens (tertiary/aromatic N) is 5. The topological polar surface area (TPSA) is 77.1 Å². The number of hydrogen-bond donors (Lipinski definition) is 0. The normalized spacial score (nSPS) is 17.4. The molecule has 3 heterocycles. The standard InChI is InChI=1S/C23H29N5O2/c1-15-7-6-12-27(14-15)22(29)17-8-10-18(11-9-17)28-20(23(3,4)5)13-19(26-28)21-25-24-16(2)30-21/h8-11,13,15H,6-7,12,14H2,1-5H3. The number of rotatable bonds is 3. The molecular weight excluding hydrogens is 378 g/mol. The third-order valence-electron chi connectivity index (χ3n) is 5.53. The van der Waals surface area contributed by atoms with Crippen LogP contribution < -0.4 is 0 Å². The lowest BCUT2D eigenvalue weighted by atomic mass is 9.91. The number of carbonyl (C=O) groups excluding carboxylic acids is 1. The third-order valence-corrected chi connectivity index (χ3v) is 5.53. The molecule has 0 radical (unpaired) electrons. The second kappa shape index (κ2) is 7.70. The van der Waals surface area contributed by atoms with Crippen molar-refractivity contribution in [1.29, 1.82) is 0 Å². The van der Waals surface area contributed by atoms with E-state index in [2.05, 4.69) is 37.9 Å². The van der Waals surface area contributed by atoms with Gasteiger partial charge in [-0.25, -0.2) is 4.68 Å². The lowest BCUT2D eigenvalue weighted by Gasteiger charge is -2.31. The molecule has 7 nitrogen and oxygen atoms in total. The quantitative estimate of drug-likeness (QED) is 0.643. The number of carbonyl (C=O) groups is 1. The second-order valence-electron chi connectivity index (χ2n) is 9.25. The summed E-state index contributed by atoms with van der Waals surface area (Å²) in [6.45, 7) is 12.1. The summed E-state index contributed by atoms with van der Waals surface area (Å²) in [5, 5.41) is 12.7. The van der Waals surface area contributed by atoms with E-state index < -0.39 is 0 Å². The number of hydrogen-bond acceptors (Lipinski definition) is 5. The van der Waals surface area contributed by atoms with E-state index in [-0.39, 0.29) is 11.3 Å². The van der Waals surface area contributed by atoms with Crippen molar-refractivity contribution in [1.82, 2.24) is 24.9 Å². The summed E-state index contributed by atoms with van der Waals surface area (Å²) in [5.74, 6) is 1.58. The summed E-state index contributed by atoms with van der Waals surface area (Å²) in [6, 6.07) is 9.67. The summed E-state index contributed by atoms with van der Waals surface area (Å²) in [6.07, 6.45) is 2.27. The fourth-order valence-electron chi connectivity index (χ4n) is 3.92. The van der Waals surface area contributed by atoms with E-state index >= 15 is 0 Å². The Morgan fingerprint density at radius 1 is 1.17 bits per heavy atom. The van der Waals surface area contributed by atoms with Gasteiger partial charge in [-0.3, -0.25) is 4.79 Å². The summed E-state index contributed by atoms with van der Waals surface area (Å²) in [7, 11) is 0. The van der Waals surface area contributed by atoms with E-state index in [0.717, 1.165) is 30.9 Å². The van der Waals surface area contributed by atoms with Crippen LogP contribution in [0.5, 0.6) is 0 Å². The highest BCUT2D eigenvalue weighted by Crippen LogP contribution is 2.29. The van der Waals surface area contributed by atoms with Crippen LogP contribution in [0.4, 0.5) is 0 Å². The number of amides is 1. The van der Waals surface area contributed by atoms with Gasteiger partial charge in [-0.05, 0) is 49.1 Å². The minimum absolute atomic E-state index is 0.103. The van der Waals surface area contributed by atoms with E-state index in [0.29, 0.717) is 29.0 Å². The van der Waals surface area contributed by atoms with Crippen molar-refractivity contribution in [3.05, 3.63) is 47.5 Å². The van der Waals surface area contributed by atoms with Crippen LogP contribution in [-0.4, -0.2) is 43.9 Å². The highest BCUT2D eigenvalue weighted by molar-refractivity contribution is 5.94. The first-order chi connectivity index (χ1) is 14.2. The van der Waals surface area contributed by atoms with Gasteiger partial charge in [0.1, 0.15) is 5.69 Å². The van der Waals surface area contributed by atoms with Gasteiger partial charge < -0.3 is 9.32 Å². The average molecular weight is 408 g/mol. The molecule has 7 heteroatoms. The Bertz CT molecular complexity index is 1040. The van der Waals surface area contributed by atoms with Crippen LogP contribution in [0.2, 0.25) is 0 Å². The van der Waals surface area contributed by atoms with Crippen molar-refractivity contribution < 1.29 is 9.21 Å². The van der Waals surface area contributed by atoms with Crippen LogP contribution in [0.15, 0.2) is 34.7 Å². The zero-order valence-electron chi connectivity index (χ0n) is 18.3. The van der Waals surface area contributed by atoms with Gasteiger partial charge in [-0.1, -0.05) is 27.7 Å². The van der Waals surface area contributed by atoms with Gasteiger partial charge >= 0.3 is 0 Å². The van der Waals surface area contributed by atoms with Gasteiger partial charge in [-0.15, -0.1) is 10.2 Å². The fourth-order valence-corrected chi connectivity index (χ4v) is 3.92. The van der Waals surface area contributed by atoms with Gasteiger partial charge in [0.05, 0.1) is 11.4 Å². The van der Waals surface area contributed by atoms with Crippen LogP contribution in [0.25, 0.3) is 17.3 Å². The largest absolute Gasteiger partial charge is 0.420 e. The minimum atomic E-state index is -0.140. The number of benzene rings is 1. The summed E-state index contributed by atoms with van der Waals surface area (Å²) >= 11 is 0. The molecule has 1 atom stereocenters. The molecule has 1 aliphatic heterocycles. The van der Waals surface area contributed by atoms with E-state index in [1.54, 1.807) is 6.92 Å². The molecule has 158 valence electrons. The molecule has 3 aromatic rings. The minimum Gasteiger partial charge on any atom is -0.420 e. The molecule has 2 aromatic heterocycles. The maximum absolute atomic E-state index is 12.9. The first kappa shape index (κ1) is 20.3. The van der Waals surface area contributed by atoms with Crippen LogP contribution in [-0.2, 0) is 5.41 Å². The van der Waals surface area contributed by atoms with Gasteiger partial charge in [0, 0.05) is 31.0 Å². The lowest BCUT2D eigenvalue weighted by molar-refractivity contribution is 0.0683. The zero-order valence-corrected chi connectivity index (χ0v) is 18.3. The molecule has 1 aliphatic rings. The van der Waals surface area contributed by atoms with Crippen molar-refractivity contribution in [3.8, 4) is 17.3 Å². The zero-order chi connectivity index (χ0) is 21.5. The smallest absolute Gasteiger partial charge is 0.268 e. The van der Waals surface area contributed by atoms with Crippen molar-refractivity contribution in [2.45, 2.75) is 52.9 Å². The first-order valence-corrected chi connectivity index (χ1v) is 10.5. The van der Waals surface area contributed by atoms with Crippen LogP contribution in [0.1, 0.15) is 62.5 Å². The second-order valence-corrected chi connectivity index (χ2v) is 9.25. The first-order valence-electron chi connectivity index (χ1n) is 10.5. The lowest BCUT2D eigenvalue weighted by Crippen LogP contribution is -2.39. The van der Waals surface area contributed by atoms with Gasteiger partial charge in [-0.2, -0.15) is 5.10 Å². The van der Waals surface area contributed by atoms with Crippen LogP contribution >= 0.6 is 0 Å². The Hall–Kier alpha value is -2.96. The molecule has 1 amide bonds. The molecule has 1 fully saturated rings. The Kier molecular flexibility index (Phi) is 5.22. The Balaban J connectivity index is 1.65. The molecule has 0 saturated carbocycles. The van der Waals surface area contributed by atoms with Crippen LogP contribution in [0.3, 0.4) is 0 Å². The molecule has 0 bridgehead atoms. The SMILES string of the molecule is Cc1nnc(-c2cc(C(C)(C)C)n(-c3ccc(C(=O)N4CCCC(C)C4)cc3)n2)o1. The van der Waals surface area contributed by atoms with E-state index in [1.807, 2.05) is 39.9 Å². The van der Waals surface area contributed by atoms with Crippen molar-refractivity contribution in [2.24, 2.45) is 5.92 Å². The van der Waals surface area contributed by atoms with Gasteiger partial charge in [0.2, 0.25) is 5.89 Å². The maximum Gasteiger partial charge on any atom is 0.268 e. The Labute approximate surface area is 177 Å². The molecule has 1 saturated heterocycles. The Morgan fingerprint density at radius 2 is 1.90 bits per heavy atom. The van der Waals surface area contributed by atoms with Crippen molar-refractivity contribution >= 4 is 5.91 Å². The molecule has 30 heavy (non-hydrogen) atoms. The van der Waals surface area contributed by atoms with E-state index in [4.69, 9.17) is 9.52 Å².